The fraction of sp³-hybridized carbons (Fsp3) is 0.737. The molecule has 1 saturated heterocycles. The SMILES string of the molecule is Cn1ccnc1C(=O)[C@H]1CCCN(C(=O)NC2(CC(C)(C)C)CC2)C1. The lowest BCUT2D eigenvalue weighted by Crippen LogP contribution is -2.51. The maximum Gasteiger partial charge on any atom is 0.317 e. The Bertz CT molecular complexity index is 655. The van der Waals surface area contributed by atoms with E-state index in [0.29, 0.717) is 12.4 Å². The highest BCUT2D eigenvalue weighted by Gasteiger charge is 2.47. The minimum absolute atomic E-state index is 0.0147. The summed E-state index contributed by atoms with van der Waals surface area (Å²) < 4.78 is 1.75. The van der Waals surface area contributed by atoms with Crippen molar-refractivity contribution in [3.8, 4) is 0 Å². The number of urea groups is 1. The van der Waals surface area contributed by atoms with Gasteiger partial charge in [-0.2, -0.15) is 0 Å². The Balaban J connectivity index is 1.61. The second-order valence-corrected chi connectivity index (χ2v) is 8.96. The number of nitrogens with zero attached hydrogens (tertiary/aromatic N) is 3. The highest BCUT2D eigenvalue weighted by atomic mass is 16.2. The van der Waals surface area contributed by atoms with Gasteiger partial charge in [-0.1, -0.05) is 20.8 Å². The fourth-order valence-electron chi connectivity index (χ4n) is 3.98. The Kier molecular flexibility index (Phi) is 4.64. The third-order valence-electron chi connectivity index (χ3n) is 5.22. The van der Waals surface area contributed by atoms with Crippen molar-refractivity contribution in [2.24, 2.45) is 18.4 Å². The van der Waals surface area contributed by atoms with Gasteiger partial charge in [0.15, 0.2) is 5.82 Å². The van der Waals surface area contributed by atoms with Gasteiger partial charge < -0.3 is 14.8 Å². The molecule has 25 heavy (non-hydrogen) atoms. The Morgan fingerprint density at radius 3 is 2.64 bits per heavy atom. The zero-order chi connectivity index (χ0) is 18.2. The van der Waals surface area contributed by atoms with E-state index in [1.54, 1.807) is 17.0 Å². The van der Waals surface area contributed by atoms with Crippen molar-refractivity contribution in [3.05, 3.63) is 18.2 Å². The van der Waals surface area contributed by atoms with Gasteiger partial charge in [0.05, 0.1) is 0 Å². The standard InChI is InChI=1S/C19H30N4O2/c1-18(2,3)13-19(7-8-19)21-17(25)23-10-5-6-14(12-23)15(24)16-20-9-11-22(16)4/h9,11,14H,5-8,10,12-13H2,1-4H3,(H,21,25)/t14-/m0/s1. The highest BCUT2D eigenvalue weighted by molar-refractivity contribution is 5.95. The number of piperidine rings is 1. The molecule has 2 amide bonds. The van der Waals surface area contributed by atoms with E-state index in [2.05, 4.69) is 31.1 Å². The van der Waals surface area contributed by atoms with E-state index in [0.717, 1.165) is 38.6 Å². The quantitative estimate of drug-likeness (QED) is 0.852. The molecule has 2 fully saturated rings. The Morgan fingerprint density at radius 2 is 2.08 bits per heavy atom. The van der Waals surface area contributed by atoms with Gasteiger partial charge in [0.1, 0.15) is 0 Å². The number of imidazole rings is 1. The normalized spacial score (nSPS) is 22.6. The van der Waals surface area contributed by atoms with Crippen LogP contribution in [-0.4, -0.2) is 44.9 Å². The number of hydrogen-bond acceptors (Lipinski definition) is 3. The number of aromatic nitrogens is 2. The molecule has 1 aromatic heterocycles. The van der Waals surface area contributed by atoms with E-state index in [4.69, 9.17) is 0 Å². The number of rotatable bonds is 4. The molecule has 0 spiro atoms. The van der Waals surface area contributed by atoms with Crippen LogP contribution in [-0.2, 0) is 7.05 Å². The minimum atomic E-state index is -0.154. The van der Waals surface area contributed by atoms with Crippen LogP contribution in [0.5, 0.6) is 0 Å². The zero-order valence-corrected chi connectivity index (χ0v) is 15.8. The number of aryl methyl sites for hydroxylation is 1. The van der Waals surface area contributed by atoms with Crippen molar-refractivity contribution in [2.45, 2.75) is 58.4 Å². The van der Waals surface area contributed by atoms with Crippen LogP contribution in [0.1, 0.15) is 63.5 Å². The summed E-state index contributed by atoms with van der Waals surface area (Å²) in [5.41, 5.74) is 0.161. The molecule has 0 radical (unpaired) electrons. The molecule has 0 aromatic carbocycles. The summed E-state index contributed by atoms with van der Waals surface area (Å²) in [4.78, 5) is 31.4. The summed E-state index contributed by atoms with van der Waals surface area (Å²) in [5, 5.41) is 3.25. The summed E-state index contributed by atoms with van der Waals surface area (Å²) in [5.74, 6) is 0.373. The predicted octanol–water partition coefficient (Wildman–Crippen LogP) is 2.99. The maximum atomic E-state index is 12.7. The average Bonchev–Trinajstić information content (AvgIpc) is 3.12. The number of nitrogens with one attached hydrogen (secondary N) is 1. The number of hydrogen-bond donors (Lipinski definition) is 1. The molecule has 2 heterocycles. The summed E-state index contributed by atoms with van der Waals surface area (Å²) in [7, 11) is 1.83. The van der Waals surface area contributed by atoms with Gasteiger partial charge in [0.2, 0.25) is 5.78 Å². The van der Waals surface area contributed by atoms with Gasteiger partial charge >= 0.3 is 6.03 Å². The fourth-order valence-corrected chi connectivity index (χ4v) is 3.98. The van der Waals surface area contributed by atoms with Crippen LogP contribution in [0, 0.1) is 11.3 Å². The molecular weight excluding hydrogens is 316 g/mol. The molecule has 0 unspecified atom stereocenters. The first kappa shape index (κ1) is 18.0. The molecule has 1 saturated carbocycles. The number of carbonyl (C=O) groups is 2. The van der Waals surface area contributed by atoms with Gasteiger partial charge in [0.25, 0.3) is 0 Å². The third-order valence-corrected chi connectivity index (χ3v) is 5.22. The third kappa shape index (κ3) is 4.22. The van der Waals surface area contributed by atoms with Crippen LogP contribution >= 0.6 is 0 Å². The number of Topliss-reactive ketones (excluding diaryl/α,β-unsaturated/α-hetero) is 1. The molecule has 1 aliphatic carbocycles. The number of ketones is 1. The molecule has 1 aromatic rings. The second kappa shape index (κ2) is 6.46. The molecule has 1 N–H and O–H groups in total. The smallest absolute Gasteiger partial charge is 0.317 e. The number of amides is 2. The molecule has 6 nitrogen and oxygen atoms in total. The first-order valence-electron chi connectivity index (χ1n) is 9.28. The van der Waals surface area contributed by atoms with Crippen LogP contribution in [0.15, 0.2) is 12.4 Å². The van der Waals surface area contributed by atoms with Crippen molar-refractivity contribution >= 4 is 11.8 Å². The largest absolute Gasteiger partial charge is 0.333 e. The molecule has 3 rings (SSSR count). The number of carbonyl (C=O) groups excluding carboxylic acids is 2. The lowest BCUT2D eigenvalue weighted by molar-refractivity contribution is 0.0829. The highest BCUT2D eigenvalue weighted by Crippen LogP contribution is 2.44. The first-order valence-corrected chi connectivity index (χ1v) is 9.28. The molecular formula is C19H30N4O2. The van der Waals surface area contributed by atoms with Crippen LogP contribution < -0.4 is 5.32 Å². The Labute approximate surface area is 150 Å². The first-order chi connectivity index (χ1) is 11.7. The molecule has 2 aliphatic rings. The summed E-state index contributed by atoms with van der Waals surface area (Å²) >= 11 is 0. The number of likely N-dealkylation sites (tertiary alicyclic amines) is 1. The molecule has 1 aliphatic heterocycles. The van der Waals surface area contributed by atoms with Gasteiger partial charge in [-0.25, -0.2) is 9.78 Å². The van der Waals surface area contributed by atoms with E-state index in [-0.39, 0.29) is 28.7 Å². The van der Waals surface area contributed by atoms with Crippen molar-refractivity contribution < 1.29 is 9.59 Å². The molecule has 0 bridgehead atoms. The van der Waals surface area contributed by atoms with Gasteiger partial charge in [-0.3, -0.25) is 4.79 Å². The van der Waals surface area contributed by atoms with E-state index in [1.165, 1.54) is 0 Å². The second-order valence-electron chi connectivity index (χ2n) is 8.96. The molecule has 138 valence electrons. The van der Waals surface area contributed by atoms with Gasteiger partial charge in [-0.15, -0.1) is 0 Å². The van der Waals surface area contributed by atoms with Crippen molar-refractivity contribution in [3.63, 3.8) is 0 Å². The van der Waals surface area contributed by atoms with Gasteiger partial charge in [0, 0.05) is 44.0 Å². The van der Waals surface area contributed by atoms with Crippen LogP contribution in [0.4, 0.5) is 4.79 Å². The van der Waals surface area contributed by atoms with Gasteiger partial charge in [-0.05, 0) is 37.5 Å². The van der Waals surface area contributed by atoms with Crippen LogP contribution in [0.2, 0.25) is 0 Å². The Morgan fingerprint density at radius 1 is 1.36 bits per heavy atom. The summed E-state index contributed by atoms with van der Waals surface area (Å²) in [6.07, 6.45) is 8.21. The predicted molar refractivity (Wildman–Crippen MR) is 96.4 cm³/mol. The van der Waals surface area contributed by atoms with Crippen molar-refractivity contribution in [2.75, 3.05) is 13.1 Å². The monoisotopic (exact) mass is 346 g/mol. The van der Waals surface area contributed by atoms with Crippen LogP contribution in [0.25, 0.3) is 0 Å². The average molecular weight is 346 g/mol. The van der Waals surface area contributed by atoms with E-state index in [9.17, 15) is 9.59 Å². The maximum absolute atomic E-state index is 12.7. The van der Waals surface area contributed by atoms with Crippen LogP contribution in [0.3, 0.4) is 0 Å². The summed E-state index contributed by atoms with van der Waals surface area (Å²) in [6.45, 7) is 7.84. The Hall–Kier alpha value is -1.85. The lowest BCUT2D eigenvalue weighted by Gasteiger charge is -2.34. The summed E-state index contributed by atoms with van der Waals surface area (Å²) in [6, 6.07) is -0.0147. The topological polar surface area (TPSA) is 67.2 Å². The van der Waals surface area contributed by atoms with E-state index in [1.807, 2.05) is 11.9 Å². The minimum Gasteiger partial charge on any atom is -0.333 e. The molecule has 6 heteroatoms. The lowest BCUT2D eigenvalue weighted by atomic mass is 9.86. The molecule has 1 atom stereocenters. The zero-order valence-electron chi connectivity index (χ0n) is 15.8. The van der Waals surface area contributed by atoms with Crippen molar-refractivity contribution in [1.29, 1.82) is 0 Å². The van der Waals surface area contributed by atoms with Crippen molar-refractivity contribution in [1.82, 2.24) is 19.8 Å². The van der Waals surface area contributed by atoms with E-state index < -0.39 is 0 Å². The van der Waals surface area contributed by atoms with E-state index >= 15 is 0 Å².